The molecule has 0 N–H and O–H groups in total. The zero-order chi connectivity index (χ0) is 23.2. The highest BCUT2D eigenvalue weighted by Gasteiger charge is 2.50. The van der Waals surface area contributed by atoms with Crippen molar-refractivity contribution >= 4 is 35.1 Å². The second-order valence-corrected chi connectivity index (χ2v) is 9.62. The van der Waals surface area contributed by atoms with E-state index in [4.69, 9.17) is 16.3 Å². The molecule has 0 aromatic heterocycles. The lowest BCUT2D eigenvalue weighted by Crippen LogP contribution is -2.75. The number of alkyl halides is 1. The number of esters is 1. The largest absolute Gasteiger partial charge is 0.467 e. The summed E-state index contributed by atoms with van der Waals surface area (Å²) < 4.78 is 6.95. The molecule has 2 aromatic carbocycles. The van der Waals surface area contributed by atoms with Gasteiger partial charge in [-0.15, -0.1) is 0 Å². The molecule has 0 aliphatic carbocycles. The van der Waals surface area contributed by atoms with Gasteiger partial charge in [-0.3, -0.25) is 23.5 Å². The number of benzene rings is 2. The fourth-order valence-electron chi connectivity index (χ4n) is 5.53. The molecule has 0 radical (unpaired) electrons. The molecule has 3 saturated heterocycles. The number of ether oxygens (including phenoxy) is 1. The molecular weight excluding hydrogens is 442 g/mol. The lowest BCUT2D eigenvalue weighted by Gasteiger charge is -2.54. The first kappa shape index (κ1) is 22.1. The van der Waals surface area contributed by atoms with E-state index in [-0.39, 0.29) is 6.42 Å². The standard InChI is InChI=1S/C25H28ClN3O4/c1-33-25(32)22(27-23(30)20-4-2-3-5-21(20)24(27)31)16-18-6-8-19(9-7-18)29-13-10-28(17-26,11-14-29)12-15-29/h2-9,22H,10-17H2,1H3/q+2/t22-,28?,29?/m0/s1. The van der Waals surface area contributed by atoms with Crippen LogP contribution in [0.15, 0.2) is 48.5 Å². The van der Waals surface area contributed by atoms with E-state index in [0.717, 1.165) is 58.7 Å². The number of hydrogen-bond donors (Lipinski definition) is 0. The second kappa shape index (κ2) is 8.24. The van der Waals surface area contributed by atoms with E-state index < -0.39 is 23.8 Å². The molecule has 0 spiro atoms. The van der Waals surface area contributed by atoms with E-state index in [0.29, 0.717) is 17.1 Å². The molecule has 1 atom stereocenters. The van der Waals surface area contributed by atoms with Crippen molar-refractivity contribution in [3.05, 3.63) is 65.2 Å². The van der Waals surface area contributed by atoms with E-state index in [2.05, 4.69) is 12.1 Å². The van der Waals surface area contributed by atoms with Gasteiger partial charge in [-0.1, -0.05) is 35.9 Å². The van der Waals surface area contributed by atoms with Crippen LogP contribution in [0, 0.1) is 0 Å². The first-order valence-electron chi connectivity index (χ1n) is 11.3. The number of imide groups is 1. The molecule has 3 fully saturated rings. The molecule has 0 saturated carbocycles. The van der Waals surface area contributed by atoms with Gasteiger partial charge in [0.05, 0.1) is 18.2 Å². The molecule has 7 nitrogen and oxygen atoms in total. The summed E-state index contributed by atoms with van der Waals surface area (Å²) in [5, 5.41) is 0. The highest BCUT2D eigenvalue weighted by molar-refractivity contribution is 6.22. The number of carbonyl (C=O) groups excluding carboxylic acids is 3. The van der Waals surface area contributed by atoms with Gasteiger partial charge >= 0.3 is 5.97 Å². The number of nitrogens with zero attached hydrogens (tertiary/aromatic N) is 3. The van der Waals surface area contributed by atoms with Crippen molar-refractivity contribution in [3.8, 4) is 0 Å². The Morgan fingerprint density at radius 3 is 1.97 bits per heavy atom. The van der Waals surface area contributed by atoms with E-state index in [1.165, 1.54) is 12.8 Å². The average molecular weight is 470 g/mol. The Balaban J connectivity index is 1.37. The molecule has 2 bridgehead atoms. The molecule has 2 aromatic rings. The molecule has 0 unspecified atom stereocenters. The molecule has 4 heterocycles. The van der Waals surface area contributed by atoms with Crippen molar-refractivity contribution in [2.75, 3.05) is 52.4 Å². The van der Waals surface area contributed by atoms with Crippen molar-refractivity contribution in [3.63, 3.8) is 0 Å². The summed E-state index contributed by atoms with van der Waals surface area (Å²) in [7, 11) is 1.28. The zero-order valence-electron chi connectivity index (χ0n) is 18.7. The van der Waals surface area contributed by atoms with Crippen LogP contribution in [0.3, 0.4) is 0 Å². The van der Waals surface area contributed by atoms with Crippen LogP contribution in [0.25, 0.3) is 0 Å². The zero-order valence-corrected chi connectivity index (χ0v) is 19.5. The Morgan fingerprint density at radius 2 is 1.48 bits per heavy atom. The van der Waals surface area contributed by atoms with Gasteiger partial charge in [-0.2, -0.15) is 0 Å². The predicted molar refractivity (Wildman–Crippen MR) is 125 cm³/mol. The molecular formula is C25H28ClN3O4+2. The molecule has 33 heavy (non-hydrogen) atoms. The van der Waals surface area contributed by atoms with Crippen molar-refractivity contribution < 1.29 is 23.6 Å². The Labute approximate surface area is 198 Å². The third-order valence-electron chi connectivity index (χ3n) is 7.78. The van der Waals surface area contributed by atoms with Crippen LogP contribution in [-0.2, 0) is 16.0 Å². The molecule has 6 rings (SSSR count). The molecule has 4 aliphatic heterocycles. The minimum atomic E-state index is -1.01. The smallest absolute Gasteiger partial charge is 0.329 e. The van der Waals surface area contributed by atoms with Gasteiger partial charge in [0.1, 0.15) is 51.0 Å². The van der Waals surface area contributed by atoms with E-state index in [9.17, 15) is 14.4 Å². The van der Waals surface area contributed by atoms with Gasteiger partial charge < -0.3 is 4.74 Å². The van der Waals surface area contributed by atoms with E-state index in [1.807, 2.05) is 12.1 Å². The number of amides is 2. The Hall–Kier alpha value is -2.74. The number of methoxy groups -OCH3 is 1. The fourth-order valence-corrected chi connectivity index (χ4v) is 5.89. The van der Waals surface area contributed by atoms with Crippen molar-refractivity contribution in [1.29, 1.82) is 0 Å². The van der Waals surface area contributed by atoms with Gasteiger partial charge in [0, 0.05) is 6.42 Å². The second-order valence-electron chi connectivity index (χ2n) is 9.38. The summed E-state index contributed by atoms with van der Waals surface area (Å²) in [6.45, 7) is 6.50. The summed E-state index contributed by atoms with van der Waals surface area (Å²) in [5.41, 5.74) is 2.79. The minimum Gasteiger partial charge on any atom is -0.467 e. The van der Waals surface area contributed by atoms with Crippen LogP contribution in [0.5, 0.6) is 0 Å². The fraction of sp³-hybridized carbons (Fsp3) is 0.400. The van der Waals surface area contributed by atoms with Crippen LogP contribution < -0.4 is 4.48 Å². The van der Waals surface area contributed by atoms with E-state index in [1.54, 1.807) is 24.3 Å². The van der Waals surface area contributed by atoms with Crippen molar-refractivity contribution in [2.24, 2.45) is 0 Å². The Morgan fingerprint density at radius 1 is 0.939 bits per heavy atom. The van der Waals surface area contributed by atoms with Gasteiger partial charge in [0.2, 0.25) is 0 Å². The average Bonchev–Trinajstić information content (AvgIpc) is 3.13. The third kappa shape index (κ3) is 3.55. The van der Waals surface area contributed by atoms with Crippen LogP contribution in [0.4, 0.5) is 5.69 Å². The SMILES string of the molecule is COC(=O)[C@H](Cc1ccc([N+]23CC[N+](CCl)(CC2)CC3)cc1)N1C(=O)c2ccccc2C1=O. The normalized spacial score (nSPS) is 26.9. The van der Waals surface area contributed by atoms with Crippen LogP contribution in [0.2, 0.25) is 0 Å². The number of hydrogen-bond acceptors (Lipinski definition) is 4. The molecule has 2 amide bonds. The van der Waals surface area contributed by atoms with Gasteiger partial charge in [-0.05, 0) is 29.8 Å². The number of fused-ring (bicyclic) bond motifs is 4. The summed E-state index contributed by atoms with van der Waals surface area (Å²) >= 11 is 6.24. The number of halogens is 1. The topological polar surface area (TPSA) is 63.7 Å². The van der Waals surface area contributed by atoms with Crippen molar-refractivity contribution in [2.45, 2.75) is 12.5 Å². The Bertz CT molecular complexity index is 1060. The summed E-state index contributed by atoms with van der Waals surface area (Å²) in [6, 6.07) is 14.6. The maximum absolute atomic E-state index is 12.9. The molecule has 8 heteroatoms. The lowest BCUT2D eigenvalue weighted by atomic mass is 10.0. The van der Waals surface area contributed by atoms with Gasteiger partial charge in [0.15, 0.2) is 6.00 Å². The molecule has 4 aliphatic rings. The van der Waals surface area contributed by atoms with Crippen LogP contribution in [-0.4, -0.2) is 85.6 Å². The van der Waals surface area contributed by atoms with Crippen LogP contribution in [0.1, 0.15) is 26.3 Å². The number of carbonyl (C=O) groups is 3. The maximum Gasteiger partial charge on any atom is 0.329 e. The van der Waals surface area contributed by atoms with Gasteiger partial charge in [-0.25, -0.2) is 4.79 Å². The lowest BCUT2D eigenvalue weighted by molar-refractivity contribution is -0.930. The predicted octanol–water partition coefficient (Wildman–Crippen LogP) is 2.41. The minimum absolute atomic E-state index is 0.213. The quantitative estimate of drug-likeness (QED) is 0.214. The summed E-state index contributed by atoms with van der Waals surface area (Å²) in [6.07, 6.45) is 0.213. The van der Waals surface area contributed by atoms with Crippen molar-refractivity contribution in [1.82, 2.24) is 9.38 Å². The third-order valence-corrected chi connectivity index (χ3v) is 8.29. The number of quaternary nitrogens is 2. The number of rotatable bonds is 6. The maximum atomic E-state index is 12.9. The highest BCUT2D eigenvalue weighted by atomic mass is 35.5. The highest BCUT2D eigenvalue weighted by Crippen LogP contribution is 2.34. The first-order chi connectivity index (χ1) is 15.9. The molecule has 172 valence electrons. The first-order valence-corrected chi connectivity index (χ1v) is 11.9. The van der Waals surface area contributed by atoms with E-state index >= 15 is 0 Å². The van der Waals surface area contributed by atoms with Gasteiger partial charge in [0.25, 0.3) is 11.8 Å². The monoisotopic (exact) mass is 469 g/mol. The summed E-state index contributed by atoms with van der Waals surface area (Å²) in [4.78, 5) is 39.6. The number of piperazine rings is 3. The summed E-state index contributed by atoms with van der Waals surface area (Å²) in [5.74, 6) is -1.51. The Kier molecular flexibility index (Phi) is 5.51. The van der Waals surface area contributed by atoms with Crippen LogP contribution >= 0.6 is 11.6 Å².